The van der Waals surface area contributed by atoms with Crippen molar-refractivity contribution in [2.24, 2.45) is 0 Å². The number of halogens is 3. The smallest absolute Gasteiger partial charge is 0.392 e. The van der Waals surface area contributed by atoms with E-state index in [0.29, 0.717) is 30.4 Å². The molecule has 27 heavy (non-hydrogen) atoms. The van der Waals surface area contributed by atoms with E-state index in [1.165, 1.54) is 12.1 Å². The Morgan fingerprint density at radius 3 is 2.59 bits per heavy atom. The first kappa shape index (κ1) is 17.7. The second-order valence-corrected chi connectivity index (χ2v) is 6.60. The Kier molecular flexibility index (Phi) is 4.48. The molecule has 0 spiro atoms. The third-order valence-corrected chi connectivity index (χ3v) is 4.54. The summed E-state index contributed by atoms with van der Waals surface area (Å²) in [5.74, 6) is 0.309. The highest BCUT2D eigenvalue weighted by Gasteiger charge is 2.30. The predicted molar refractivity (Wildman–Crippen MR) is 93.6 cm³/mol. The predicted octanol–water partition coefficient (Wildman–Crippen LogP) is 3.06. The highest BCUT2D eigenvalue weighted by molar-refractivity contribution is 5.56. The molecule has 2 aromatic heterocycles. The fourth-order valence-electron chi connectivity index (χ4n) is 3.19. The third kappa shape index (κ3) is 3.88. The first-order chi connectivity index (χ1) is 12.9. The summed E-state index contributed by atoms with van der Waals surface area (Å²) >= 11 is 0. The number of nitrogens with zero attached hydrogens (tertiary/aromatic N) is 4. The molecule has 0 amide bonds. The Balaban J connectivity index is 1.54. The number of rotatable bonds is 4. The number of likely N-dealkylation sites (tertiary alicyclic amines) is 1. The van der Waals surface area contributed by atoms with Crippen LogP contribution in [-0.2, 0) is 12.7 Å². The van der Waals surface area contributed by atoms with Gasteiger partial charge in [-0.05, 0) is 42.8 Å². The molecule has 1 atom stereocenters. The lowest BCUT2D eigenvalue weighted by Crippen LogP contribution is -2.22. The summed E-state index contributed by atoms with van der Waals surface area (Å²) in [7, 11) is 0. The van der Waals surface area contributed by atoms with Crippen LogP contribution in [0.2, 0.25) is 0 Å². The zero-order chi connectivity index (χ0) is 19.0. The van der Waals surface area contributed by atoms with Gasteiger partial charge in [-0.15, -0.1) is 5.10 Å². The Bertz CT molecular complexity index is 938. The van der Waals surface area contributed by atoms with Gasteiger partial charge in [0.25, 0.3) is 0 Å². The van der Waals surface area contributed by atoms with Gasteiger partial charge < -0.3 is 10.4 Å². The number of alkyl halides is 3. The number of pyridine rings is 1. The molecule has 2 N–H and O–H groups in total. The van der Waals surface area contributed by atoms with Crippen molar-refractivity contribution in [3.63, 3.8) is 0 Å². The number of anilines is 2. The molecule has 4 rings (SSSR count). The Morgan fingerprint density at radius 1 is 1.15 bits per heavy atom. The van der Waals surface area contributed by atoms with Gasteiger partial charge in [0.05, 0.1) is 17.4 Å². The highest BCUT2D eigenvalue weighted by atomic mass is 19.4. The molecule has 142 valence electrons. The number of aliphatic hydroxyl groups excluding tert-OH is 1. The topological polar surface area (TPSA) is 65.7 Å². The lowest BCUT2D eigenvalue weighted by molar-refractivity contribution is -0.137. The van der Waals surface area contributed by atoms with Gasteiger partial charge in [0.2, 0.25) is 5.95 Å². The molecular formula is C18H18F3N5O. The molecule has 1 aliphatic heterocycles. The zero-order valence-electron chi connectivity index (χ0n) is 14.3. The second kappa shape index (κ2) is 6.82. The maximum absolute atomic E-state index is 12.7. The van der Waals surface area contributed by atoms with Crippen molar-refractivity contribution < 1.29 is 18.3 Å². The van der Waals surface area contributed by atoms with Crippen LogP contribution in [-0.4, -0.2) is 43.8 Å². The summed E-state index contributed by atoms with van der Waals surface area (Å²) < 4.78 is 39.7. The maximum Gasteiger partial charge on any atom is 0.416 e. The molecular weight excluding hydrogens is 359 g/mol. The standard InChI is InChI=1S/C18H18F3N5O/c19-18(20,21)12-4-6-13(7-5-12)22-17-23-16-3-1-2-14(26(16)24-17)10-25-9-8-15(27)11-25/h1-7,15,27H,8-11H2,(H,22,24)/t15-/m0/s1. The van der Waals surface area contributed by atoms with Crippen molar-refractivity contribution in [3.05, 3.63) is 53.7 Å². The quantitative estimate of drug-likeness (QED) is 0.732. The molecule has 0 unspecified atom stereocenters. The van der Waals surface area contributed by atoms with E-state index in [1.807, 2.05) is 18.2 Å². The van der Waals surface area contributed by atoms with Crippen molar-refractivity contribution in [2.75, 3.05) is 18.4 Å². The molecule has 9 heteroatoms. The number of hydrogen-bond donors (Lipinski definition) is 2. The largest absolute Gasteiger partial charge is 0.416 e. The molecule has 3 aromatic rings. The van der Waals surface area contributed by atoms with Gasteiger partial charge >= 0.3 is 6.18 Å². The van der Waals surface area contributed by atoms with Crippen LogP contribution in [0.5, 0.6) is 0 Å². The summed E-state index contributed by atoms with van der Waals surface area (Å²) in [5.41, 5.74) is 1.34. The number of aromatic nitrogens is 3. The van der Waals surface area contributed by atoms with Crippen LogP contribution in [0.4, 0.5) is 24.8 Å². The first-order valence-electron chi connectivity index (χ1n) is 8.58. The number of nitrogens with one attached hydrogen (secondary N) is 1. The van der Waals surface area contributed by atoms with Gasteiger partial charge in [-0.2, -0.15) is 18.2 Å². The van der Waals surface area contributed by atoms with Crippen LogP contribution in [0.15, 0.2) is 42.5 Å². The van der Waals surface area contributed by atoms with Crippen molar-refractivity contribution >= 4 is 17.3 Å². The fourth-order valence-corrected chi connectivity index (χ4v) is 3.19. The summed E-state index contributed by atoms with van der Waals surface area (Å²) in [6.07, 6.45) is -3.90. The van der Waals surface area contributed by atoms with Crippen LogP contribution in [0.25, 0.3) is 5.65 Å². The van der Waals surface area contributed by atoms with Crippen LogP contribution >= 0.6 is 0 Å². The molecule has 1 aromatic carbocycles. The summed E-state index contributed by atoms with van der Waals surface area (Å²) in [4.78, 5) is 6.52. The van der Waals surface area contributed by atoms with E-state index in [4.69, 9.17) is 0 Å². The number of fused-ring (bicyclic) bond motifs is 1. The number of hydrogen-bond acceptors (Lipinski definition) is 5. The molecule has 6 nitrogen and oxygen atoms in total. The van der Waals surface area contributed by atoms with Crippen LogP contribution in [0.3, 0.4) is 0 Å². The lowest BCUT2D eigenvalue weighted by Gasteiger charge is -2.15. The molecule has 0 radical (unpaired) electrons. The fraction of sp³-hybridized carbons (Fsp3) is 0.333. The van der Waals surface area contributed by atoms with Crippen molar-refractivity contribution in [3.8, 4) is 0 Å². The van der Waals surface area contributed by atoms with Gasteiger partial charge in [0.1, 0.15) is 0 Å². The second-order valence-electron chi connectivity index (χ2n) is 6.60. The molecule has 0 aliphatic carbocycles. The van der Waals surface area contributed by atoms with Crippen LogP contribution in [0.1, 0.15) is 17.7 Å². The lowest BCUT2D eigenvalue weighted by atomic mass is 10.2. The minimum absolute atomic E-state index is 0.295. The van der Waals surface area contributed by atoms with E-state index >= 15 is 0 Å². The average molecular weight is 377 g/mol. The average Bonchev–Trinajstić information content (AvgIpc) is 3.21. The van der Waals surface area contributed by atoms with Gasteiger partial charge in [-0.3, -0.25) is 4.90 Å². The summed E-state index contributed by atoms with van der Waals surface area (Å²) in [6.45, 7) is 2.09. The Hall–Kier alpha value is -2.65. The van der Waals surface area contributed by atoms with E-state index in [9.17, 15) is 18.3 Å². The Labute approximate surface area is 153 Å². The van der Waals surface area contributed by atoms with Gasteiger partial charge in [0.15, 0.2) is 5.65 Å². The van der Waals surface area contributed by atoms with E-state index < -0.39 is 11.7 Å². The van der Waals surface area contributed by atoms with Crippen molar-refractivity contribution in [1.29, 1.82) is 0 Å². The Morgan fingerprint density at radius 2 is 1.93 bits per heavy atom. The minimum Gasteiger partial charge on any atom is -0.392 e. The SMILES string of the molecule is O[C@H]1CCN(Cc2cccc3nc(Nc4ccc(C(F)(F)F)cc4)nn23)C1. The molecule has 1 aliphatic rings. The monoisotopic (exact) mass is 377 g/mol. The molecule has 0 bridgehead atoms. The number of aliphatic hydroxyl groups is 1. The molecule has 1 fully saturated rings. The highest BCUT2D eigenvalue weighted by Crippen LogP contribution is 2.30. The normalized spacial score (nSPS) is 18.3. The minimum atomic E-state index is -4.36. The summed E-state index contributed by atoms with van der Waals surface area (Å²) in [6, 6.07) is 10.4. The van der Waals surface area contributed by atoms with E-state index in [1.54, 1.807) is 4.52 Å². The van der Waals surface area contributed by atoms with E-state index in [2.05, 4.69) is 20.3 Å². The number of benzene rings is 1. The van der Waals surface area contributed by atoms with Crippen molar-refractivity contribution in [2.45, 2.75) is 25.2 Å². The molecule has 3 heterocycles. The first-order valence-corrected chi connectivity index (χ1v) is 8.58. The van der Waals surface area contributed by atoms with Gasteiger partial charge in [-0.1, -0.05) is 6.07 Å². The summed E-state index contributed by atoms with van der Waals surface area (Å²) in [5, 5.41) is 17.0. The van der Waals surface area contributed by atoms with Crippen LogP contribution < -0.4 is 5.32 Å². The van der Waals surface area contributed by atoms with Crippen LogP contribution in [0, 0.1) is 0 Å². The van der Waals surface area contributed by atoms with E-state index in [0.717, 1.165) is 30.8 Å². The van der Waals surface area contributed by atoms with Gasteiger partial charge in [-0.25, -0.2) is 4.52 Å². The molecule has 0 saturated carbocycles. The zero-order valence-corrected chi connectivity index (χ0v) is 14.3. The van der Waals surface area contributed by atoms with E-state index in [-0.39, 0.29) is 6.10 Å². The number of β-amino-alcohol motifs (C(OH)–C–C–N with tert-alkyl or cyclic N) is 1. The van der Waals surface area contributed by atoms with Crippen molar-refractivity contribution in [1.82, 2.24) is 19.5 Å². The maximum atomic E-state index is 12.7. The van der Waals surface area contributed by atoms with Gasteiger partial charge in [0, 0.05) is 25.3 Å². The molecule has 1 saturated heterocycles. The third-order valence-electron chi connectivity index (χ3n) is 4.54.